The predicted octanol–water partition coefficient (Wildman–Crippen LogP) is 5.20. The van der Waals surface area contributed by atoms with Crippen molar-refractivity contribution in [1.82, 2.24) is 5.32 Å². The van der Waals surface area contributed by atoms with Gasteiger partial charge in [0.15, 0.2) is 0 Å². The van der Waals surface area contributed by atoms with E-state index >= 15 is 0 Å². The number of aryl methyl sites for hydroxylation is 1. The molecule has 2 aromatic rings. The van der Waals surface area contributed by atoms with Gasteiger partial charge in [-0.25, -0.2) is 0 Å². The van der Waals surface area contributed by atoms with Crippen molar-refractivity contribution in [2.24, 2.45) is 0 Å². The Labute approximate surface area is 130 Å². The second-order valence-corrected chi connectivity index (χ2v) is 5.84. The van der Waals surface area contributed by atoms with Gasteiger partial charge in [-0.3, -0.25) is 0 Å². The molecule has 0 heterocycles. The summed E-state index contributed by atoms with van der Waals surface area (Å²) in [7, 11) is 0. The van der Waals surface area contributed by atoms with E-state index in [1.54, 1.807) is 0 Å². The monoisotopic (exact) mass is 307 g/mol. The van der Waals surface area contributed by atoms with Gasteiger partial charge in [0.1, 0.15) is 0 Å². The van der Waals surface area contributed by atoms with E-state index in [-0.39, 0.29) is 6.04 Å². The quantitative estimate of drug-likeness (QED) is 0.801. The number of rotatable bonds is 5. The number of nitrogens with one attached hydrogen (secondary N) is 1. The summed E-state index contributed by atoms with van der Waals surface area (Å²) in [6, 6.07) is 14.5. The molecule has 0 aliphatic carbocycles. The lowest BCUT2D eigenvalue weighted by Gasteiger charge is -2.15. The van der Waals surface area contributed by atoms with Gasteiger partial charge >= 0.3 is 0 Å². The third-order valence-corrected chi connectivity index (χ3v) is 4.29. The van der Waals surface area contributed by atoms with Gasteiger partial charge in [-0.1, -0.05) is 53.5 Å². The Hall–Kier alpha value is -1.02. The van der Waals surface area contributed by atoms with Crippen molar-refractivity contribution in [2.45, 2.75) is 26.3 Å². The van der Waals surface area contributed by atoms with Crippen molar-refractivity contribution in [1.29, 1.82) is 0 Å². The van der Waals surface area contributed by atoms with Crippen LogP contribution >= 0.6 is 23.2 Å². The number of benzene rings is 2. The van der Waals surface area contributed by atoms with E-state index in [1.807, 2.05) is 18.2 Å². The zero-order chi connectivity index (χ0) is 14.5. The molecule has 1 nitrogen and oxygen atoms in total. The van der Waals surface area contributed by atoms with E-state index in [2.05, 4.69) is 43.4 Å². The van der Waals surface area contributed by atoms with E-state index in [0.29, 0.717) is 10.0 Å². The van der Waals surface area contributed by atoms with Gasteiger partial charge in [-0.05, 0) is 55.6 Å². The molecule has 2 aromatic carbocycles. The molecule has 0 saturated heterocycles. The minimum absolute atomic E-state index is 0.258. The van der Waals surface area contributed by atoms with Crippen LogP contribution in [0.4, 0.5) is 0 Å². The molecule has 0 aromatic heterocycles. The fraction of sp³-hybridized carbons (Fsp3) is 0.294. The molecule has 0 aliphatic heterocycles. The van der Waals surface area contributed by atoms with Crippen LogP contribution in [0.15, 0.2) is 42.5 Å². The first-order valence-electron chi connectivity index (χ1n) is 6.81. The minimum atomic E-state index is 0.258. The van der Waals surface area contributed by atoms with Crippen LogP contribution in [0.1, 0.15) is 29.7 Å². The first-order chi connectivity index (χ1) is 9.58. The van der Waals surface area contributed by atoms with Crippen LogP contribution < -0.4 is 5.32 Å². The summed E-state index contributed by atoms with van der Waals surface area (Å²) in [6.45, 7) is 5.22. The zero-order valence-corrected chi connectivity index (χ0v) is 13.3. The van der Waals surface area contributed by atoms with Crippen LogP contribution in [0.5, 0.6) is 0 Å². The van der Waals surface area contributed by atoms with E-state index in [9.17, 15) is 0 Å². The van der Waals surface area contributed by atoms with Crippen LogP contribution in [0.3, 0.4) is 0 Å². The summed E-state index contributed by atoms with van der Waals surface area (Å²) >= 11 is 12.0. The van der Waals surface area contributed by atoms with Crippen LogP contribution in [0.2, 0.25) is 10.0 Å². The van der Waals surface area contributed by atoms with E-state index in [0.717, 1.165) is 18.5 Å². The van der Waals surface area contributed by atoms with Crippen molar-refractivity contribution in [3.63, 3.8) is 0 Å². The van der Waals surface area contributed by atoms with Gasteiger partial charge in [0.25, 0.3) is 0 Å². The molecule has 0 radical (unpaired) electrons. The zero-order valence-electron chi connectivity index (χ0n) is 11.8. The maximum Gasteiger partial charge on any atom is 0.0595 e. The normalized spacial score (nSPS) is 12.4. The molecule has 0 spiro atoms. The Balaban J connectivity index is 1.90. The highest BCUT2D eigenvalue weighted by Crippen LogP contribution is 2.25. The number of halogens is 2. The first kappa shape index (κ1) is 15.4. The molecular weight excluding hydrogens is 289 g/mol. The fourth-order valence-corrected chi connectivity index (χ4v) is 2.52. The molecule has 20 heavy (non-hydrogen) atoms. The molecule has 1 N–H and O–H groups in total. The Morgan fingerprint density at radius 2 is 1.80 bits per heavy atom. The highest BCUT2D eigenvalue weighted by molar-refractivity contribution is 6.42. The molecule has 3 heteroatoms. The third-order valence-electron chi connectivity index (χ3n) is 3.55. The van der Waals surface area contributed by atoms with E-state index < -0.39 is 0 Å². The second-order valence-electron chi connectivity index (χ2n) is 5.03. The van der Waals surface area contributed by atoms with E-state index in [4.69, 9.17) is 23.2 Å². The summed E-state index contributed by atoms with van der Waals surface area (Å²) in [5.74, 6) is 0. The largest absolute Gasteiger partial charge is 0.310 e. The summed E-state index contributed by atoms with van der Waals surface area (Å²) in [5, 5.41) is 4.73. The predicted molar refractivity (Wildman–Crippen MR) is 87.8 cm³/mol. The molecule has 2 rings (SSSR count). The molecular formula is C17H19Cl2N. The van der Waals surface area contributed by atoms with Crippen molar-refractivity contribution in [3.8, 4) is 0 Å². The summed E-state index contributed by atoms with van der Waals surface area (Å²) in [5.41, 5.74) is 3.89. The second kappa shape index (κ2) is 7.12. The number of hydrogen-bond acceptors (Lipinski definition) is 1. The summed E-state index contributed by atoms with van der Waals surface area (Å²) in [6.07, 6.45) is 1.03. The molecule has 1 unspecified atom stereocenters. The summed E-state index contributed by atoms with van der Waals surface area (Å²) < 4.78 is 0. The van der Waals surface area contributed by atoms with Crippen molar-refractivity contribution < 1.29 is 0 Å². The molecule has 0 aliphatic rings. The Morgan fingerprint density at radius 1 is 1.05 bits per heavy atom. The average molecular weight is 308 g/mol. The minimum Gasteiger partial charge on any atom is -0.310 e. The molecule has 0 saturated carbocycles. The SMILES string of the molecule is Cc1ccccc1CCNC(C)c1ccc(Cl)c(Cl)c1. The third kappa shape index (κ3) is 3.99. The highest BCUT2D eigenvalue weighted by atomic mass is 35.5. The van der Waals surface area contributed by atoms with Crippen molar-refractivity contribution in [2.75, 3.05) is 6.54 Å². The van der Waals surface area contributed by atoms with Gasteiger partial charge in [0.2, 0.25) is 0 Å². The molecule has 0 bridgehead atoms. The lowest BCUT2D eigenvalue weighted by Crippen LogP contribution is -2.21. The standard InChI is InChI=1S/C17H19Cl2N/c1-12-5-3-4-6-14(12)9-10-20-13(2)15-7-8-16(18)17(19)11-15/h3-8,11,13,20H,9-10H2,1-2H3. The number of hydrogen-bond donors (Lipinski definition) is 1. The van der Waals surface area contributed by atoms with Gasteiger partial charge in [0.05, 0.1) is 10.0 Å². The Kier molecular flexibility index (Phi) is 5.47. The highest BCUT2D eigenvalue weighted by Gasteiger charge is 2.07. The van der Waals surface area contributed by atoms with Crippen molar-refractivity contribution >= 4 is 23.2 Å². The summed E-state index contributed by atoms with van der Waals surface area (Å²) in [4.78, 5) is 0. The molecule has 0 amide bonds. The molecule has 0 fully saturated rings. The van der Waals surface area contributed by atoms with Crippen LogP contribution in [0, 0.1) is 6.92 Å². The lowest BCUT2D eigenvalue weighted by atomic mass is 10.1. The van der Waals surface area contributed by atoms with E-state index in [1.165, 1.54) is 11.1 Å². The average Bonchev–Trinajstić information content (AvgIpc) is 2.44. The van der Waals surface area contributed by atoms with Crippen LogP contribution in [-0.4, -0.2) is 6.54 Å². The smallest absolute Gasteiger partial charge is 0.0595 e. The maximum atomic E-state index is 6.05. The lowest BCUT2D eigenvalue weighted by molar-refractivity contribution is 0.576. The fourth-order valence-electron chi connectivity index (χ4n) is 2.21. The molecule has 106 valence electrons. The van der Waals surface area contributed by atoms with Gasteiger partial charge < -0.3 is 5.32 Å². The first-order valence-corrected chi connectivity index (χ1v) is 7.56. The van der Waals surface area contributed by atoms with Gasteiger partial charge in [-0.2, -0.15) is 0 Å². The van der Waals surface area contributed by atoms with Crippen LogP contribution in [-0.2, 0) is 6.42 Å². The Morgan fingerprint density at radius 3 is 2.50 bits per heavy atom. The maximum absolute atomic E-state index is 6.05. The van der Waals surface area contributed by atoms with Crippen LogP contribution in [0.25, 0.3) is 0 Å². The van der Waals surface area contributed by atoms with Gasteiger partial charge in [0, 0.05) is 6.04 Å². The Bertz CT molecular complexity index is 581. The van der Waals surface area contributed by atoms with Gasteiger partial charge in [-0.15, -0.1) is 0 Å². The molecule has 1 atom stereocenters. The topological polar surface area (TPSA) is 12.0 Å². The van der Waals surface area contributed by atoms with Crippen molar-refractivity contribution in [3.05, 3.63) is 69.2 Å².